The number of carbonyl (C=O) groups excluding carboxylic acids is 4. The molecule has 7 aliphatic rings. The second kappa shape index (κ2) is 24.8. The van der Waals surface area contributed by atoms with Gasteiger partial charge in [-0.2, -0.15) is 0 Å². The number of benzene rings is 8. The van der Waals surface area contributed by atoms with Crippen LogP contribution >= 0.6 is 94.1 Å². The third-order valence-electron chi connectivity index (χ3n) is 14.2. The highest BCUT2D eigenvalue weighted by atomic mass is 32.2. The van der Waals surface area contributed by atoms with Gasteiger partial charge in [0.2, 0.25) is 0 Å². The van der Waals surface area contributed by atoms with Crippen LogP contribution in [0.3, 0.4) is 0 Å². The van der Waals surface area contributed by atoms with E-state index in [2.05, 4.69) is 72.8 Å². The molecule has 13 nitrogen and oxygen atoms in total. The van der Waals surface area contributed by atoms with Gasteiger partial charge in [0, 0.05) is 55.1 Å². The highest BCUT2D eigenvalue weighted by molar-refractivity contribution is 8.35. The lowest BCUT2D eigenvalue weighted by atomic mass is 9.92. The van der Waals surface area contributed by atoms with Gasteiger partial charge in [0.15, 0.2) is 0 Å². The van der Waals surface area contributed by atoms with Crippen LogP contribution in [0.1, 0.15) is 12.8 Å². The lowest BCUT2D eigenvalue weighted by molar-refractivity contribution is -0.116. The topological polar surface area (TPSA) is 219 Å². The molecule has 8 aromatic carbocycles. The molecule has 426 valence electrons. The maximum Gasteiger partial charge on any atom is 0.256 e. The Morgan fingerprint density at radius 2 is 0.541 bits per heavy atom. The number of ether oxygens (including phenoxy) is 5. The maximum atomic E-state index is 12.0. The second-order valence-corrected chi connectivity index (χ2v) is 29.1. The number of amides is 4. The van der Waals surface area contributed by atoms with E-state index in [0.717, 1.165) is 138 Å². The van der Waals surface area contributed by atoms with Crippen molar-refractivity contribution in [2.24, 2.45) is 22.9 Å². The Morgan fingerprint density at radius 3 is 0.765 bits per heavy atom. The molecule has 21 heteroatoms. The van der Waals surface area contributed by atoms with Gasteiger partial charge < -0.3 is 46.6 Å². The van der Waals surface area contributed by atoms with Crippen LogP contribution in [0, 0.1) is 0 Å². The quantitative estimate of drug-likeness (QED) is 0.129. The molecular formula is C64H48N4O9S8. The Hall–Kier alpha value is -6.92. The zero-order valence-electron chi connectivity index (χ0n) is 44.8. The minimum Gasteiger partial charge on any atom is -0.488 e. The van der Waals surface area contributed by atoms with Crippen LogP contribution < -0.4 is 41.9 Å². The number of thioether (sulfide) groups is 8. The van der Waals surface area contributed by atoms with Crippen molar-refractivity contribution < 1.29 is 42.9 Å². The summed E-state index contributed by atoms with van der Waals surface area (Å²) < 4.78 is 34.8. The first-order valence-electron chi connectivity index (χ1n) is 26.7. The molecule has 8 aromatic rings. The van der Waals surface area contributed by atoms with E-state index in [1.165, 1.54) is 59.9 Å². The van der Waals surface area contributed by atoms with Gasteiger partial charge in [0.05, 0.1) is 36.6 Å². The Morgan fingerprint density at radius 1 is 0.306 bits per heavy atom. The summed E-state index contributed by atoms with van der Waals surface area (Å²) in [5, 5.41) is 8.86. The molecular weight excluding hydrogens is 1230 g/mol. The van der Waals surface area contributed by atoms with E-state index in [1.54, 1.807) is 47.0 Å². The molecule has 0 aliphatic carbocycles. The van der Waals surface area contributed by atoms with Gasteiger partial charge in [0.25, 0.3) is 23.6 Å². The van der Waals surface area contributed by atoms with E-state index in [0.29, 0.717) is 26.4 Å². The second-order valence-electron chi connectivity index (χ2n) is 19.5. The third-order valence-corrected chi connectivity index (χ3v) is 25.8. The molecule has 85 heavy (non-hydrogen) atoms. The molecule has 8 N–H and O–H groups in total. The molecule has 15 rings (SSSR count). The number of carbonyl (C=O) groups is 4. The molecule has 1 fully saturated rings. The largest absolute Gasteiger partial charge is 0.488 e. The number of fused-ring (bicyclic) bond motifs is 14. The Kier molecular flexibility index (Phi) is 16.7. The van der Waals surface area contributed by atoms with Crippen molar-refractivity contribution in [3.05, 3.63) is 202 Å². The van der Waals surface area contributed by atoms with E-state index < -0.39 is 23.6 Å². The number of hydrogen-bond donors (Lipinski definition) is 4. The molecule has 0 unspecified atom stereocenters. The van der Waals surface area contributed by atoms with Crippen LogP contribution in [0.4, 0.5) is 0 Å². The van der Waals surface area contributed by atoms with Crippen molar-refractivity contribution in [2.45, 2.75) is 12.8 Å². The van der Waals surface area contributed by atoms with Crippen LogP contribution in [-0.4, -0.2) is 63.3 Å². The van der Waals surface area contributed by atoms with Crippen molar-refractivity contribution >= 4 is 161 Å². The first-order chi connectivity index (χ1) is 41.4. The van der Waals surface area contributed by atoms with Gasteiger partial charge in [-0.15, -0.1) is 0 Å². The Balaban J connectivity index is 0.000000146. The van der Waals surface area contributed by atoms with Gasteiger partial charge >= 0.3 is 0 Å². The van der Waals surface area contributed by atoms with Crippen molar-refractivity contribution in [3.8, 4) is 45.3 Å². The monoisotopic (exact) mass is 1270 g/mol. The standard InChI is InChI=1S/2C30H20N2O4S4.C4H8O/c2*31-27(33)25-26(28(32)34)40-30(39-25)29-37-21-13-35-19-11-9-15-5-1-3-7-17(15)23(19)24-18-8-4-2-6-16(18)10-12-20(24)36-14-22(21)38-29;1-2-4-5-3-1/h2*1-12H,13-14H2,(H2,31,33)(H2,32,34);1-4H2. The minimum absolute atomic E-state index is 0.184. The summed E-state index contributed by atoms with van der Waals surface area (Å²) in [4.78, 5) is 52.6. The molecule has 0 aromatic heterocycles. The summed E-state index contributed by atoms with van der Waals surface area (Å²) in [7, 11) is 0. The van der Waals surface area contributed by atoms with Crippen molar-refractivity contribution in [2.75, 3.05) is 39.6 Å². The highest BCUT2D eigenvalue weighted by Gasteiger charge is 2.37. The molecule has 7 heterocycles. The first kappa shape index (κ1) is 57.2. The molecule has 0 bridgehead atoms. The zero-order valence-corrected chi connectivity index (χ0v) is 51.3. The van der Waals surface area contributed by atoms with E-state index in [9.17, 15) is 19.2 Å². The molecule has 7 aliphatic heterocycles. The van der Waals surface area contributed by atoms with Gasteiger partial charge in [0.1, 0.15) is 49.4 Å². The lowest BCUT2D eigenvalue weighted by Gasteiger charge is -2.21. The van der Waals surface area contributed by atoms with Crippen LogP contribution in [0.15, 0.2) is 202 Å². The normalized spacial score (nSPS) is 17.3. The van der Waals surface area contributed by atoms with Gasteiger partial charge in [-0.05, 0) is 80.2 Å². The van der Waals surface area contributed by atoms with Crippen LogP contribution in [0.2, 0.25) is 0 Å². The fraction of sp³-hybridized carbons (Fsp3) is 0.125. The van der Waals surface area contributed by atoms with Gasteiger partial charge in [-0.3, -0.25) is 19.2 Å². The van der Waals surface area contributed by atoms with Crippen molar-refractivity contribution in [3.63, 3.8) is 0 Å². The molecule has 0 spiro atoms. The summed E-state index contributed by atoms with van der Waals surface area (Å²) in [6, 6.07) is 49.7. The smallest absolute Gasteiger partial charge is 0.256 e. The highest BCUT2D eigenvalue weighted by Crippen LogP contribution is 2.62. The molecule has 1 saturated heterocycles. The number of nitrogens with two attached hydrogens (primary N) is 4. The zero-order chi connectivity index (χ0) is 58.3. The van der Waals surface area contributed by atoms with Crippen molar-refractivity contribution in [1.82, 2.24) is 0 Å². The van der Waals surface area contributed by atoms with Crippen LogP contribution in [0.25, 0.3) is 65.3 Å². The first-order valence-corrected chi connectivity index (χ1v) is 33.2. The molecule has 4 amide bonds. The van der Waals surface area contributed by atoms with Crippen molar-refractivity contribution in [1.29, 1.82) is 0 Å². The van der Waals surface area contributed by atoms with Gasteiger partial charge in [-0.25, -0.2) is 0 Å². The third kappa shape index (κ3) is 11.5. The van der Waals surface area contributed by atoms with Crippen LogP contribution in [-0.2, 0) is 23.9 Å². The van der Waals surface area contributed by atoms with E-state index in [4.69, 9.17) is 46.6 Å². The Bertz CT molecular complexity index is 3860. The molecule has 0 radical (unpaired) electrons. The fourth-order valence-electron chi connectivity index (χ4n) is 10.3. The van der Waals surface area contributed by atoms with E-state index in [1.807, 2.05) is 72.8 Å². The SMILES string of the molecule is C1CCOC1.NC(=O)C1=C(C(N)=O)SC(=C2SC3=C(COc4ccc5ccccc5c4-c4c(ccc5ccccc45)OC3)S2)S1.NC(=O)C1=C(C(N)=O)SC(=C2SC3=C(COc4ccc5ccccc5c4-c4c(ccc5ccccc45)OC3)S2)S1. The van der Waals surface area contributed by atoms with Crippen LogP contribution in [0.5, 0.6) is 23.0 Å². The average Bonchev–Trinajstić information content (AvgIpc) is 4.16. The Labute approximate surface area is 521 Å². The van der Waals surface area contributed by atoms with Gasteiger partial charge in [-0.1, -0.05) is 215 Å². The number of primary amides is 4. The van der Waals surface area contributed by atoms with E-state index in [-0.39, 0.29) is 19.6 Å². The predicted octanol–water partition coefficient (Wildman–Crippen LogP) is 14.6. The molecule has 0 atom stereocenters. The molecule has 0 saturated carbocycles. The minimum atomic E-state index is -0.659. The number of hydrogen-bond acceptors (Lipinski definition) is 17. The summed E-state index contributed by atoms with van der Waals surface area (Å²) in [6.07, 6.45) is 2.56. The lowest BCUT2D eigenvalue weighted by Crippen LogP contribution is -2.18. The summed E-state index contributed by atoms with van der Waals surface area (Å²) >= 11 is 11.0. The van der Waals surface area contributed by atoms with E-state index >= 15 is 0 Å². The summed E-state index contributed by atoms with van der Waals surface area (Å²) in [6.45, 7) is 3.42. The summed E-state index contributed by atoms with van der Waals surface area (Å²) in [5.74, 6) is 0.471. The maximum absolute atomic E-state index is 12.0. The fourth-order valence-corrected chi connectivity index (χ4v) is 20.9. The number of rotatable bonds is 4. The average molecular weight is 1270 g/mol. The predicted molar refractivity (Wildman–Crippen MR) is 355 cm³/mol. The summed E-state index contributed by atoms with van der Waals surface area (Å²) in [5.41, 5.74) is 26.1.